The number of aliphatic hydroxyl groups is 1. The predicted molar refractivity (Wildman–Crippen MR) is 133 cm³/mol. The largest absolute Gasteiger partial charge is 0.389 e. The van der Waals surface area contributed by atoms with E-state index in [1.165, 1.54) is 23.0 Å². The third kappa shape index (κ3) is 7.30. The van der Waals surface area contributed by atoms with Gasteiger partial charge in [-0.05, 0) is 43.9 Å². The van der Waals surface area contributed by atoms with E-state index >= 15 is 0 Å². The van der Waals surface area contributed by atoms with Crippen LogP contribution in [0.2, 0.25) is 0 Å². The lowest BCUT2D eigenvalue weighted by Crippen LogP contribution is -2.36. The van der Waals surface area contributed by atoms with Crippen molar-refractivity contribution in [3.8, 4) is 0 Å². The Bertz CT molecular complexity index is 1230. The molecule has 0 saturated carbocycles. The SMILES string of the molecule is CCCC(C)CC(C(=O)Nc1ccn(CC(C)(C)O)n1)n1ncc(Cc2c(F)cccc2F)cc1=O. The summed E-state index contributed by atoms with van der Waals surface area (Å²) in [4.78, 5) is 26.2. The number of anilines is 1. The van der Waals surface area contributed by atoms with Crippen molar-refractivity contribution in [3.05, 3.63) is 75.8 Å². The van der Waals surface area contributed by atoms with Crippen LogP contribution in [0.15, 0.2) is 47.5 Å². The van der Waals surface area contributed by atoms with Gasteiger partial charge in [0.2, 0.25) is 0 Å². The van der Waals surface area contributed by atoms with Crippen LogP contribution in [0.3, 0.4) is 0 Å². The van der Waals surface area contributed by atoms with Gasteiger partial charge in [0.05, 0.1) is 18.3 Å². The minimum atomic E-state index is -0.976. The van der Waals surface area contributed by atoms with Gasteiger partial charge in [0.25, 0.3) is 11.5 Å². The number of aromatic nitrogens is 4. The summed E-state index contributed by atoms with van der Waals surface area (Å²) in [6, 6.07) is 5.55. The topological polar surface area (TPSA) is 102 Å². The lowest BCUT2D eigenvalue weighted by molar-refractivity contribution is -0.120. The first-order chi connectivity index (χ1) is 17.0. The minimum Gasteiger partial charge on any atom is -0.389 e. The predicted octanol–water partition coefficient (Wildman–Crippen LogP) is 4.09. The summed E-state index contributed by atoms with van der Waals surface area (Å²) >= 11 is 0. The lowest BCUT2D eigenvalue weighted by Gasteiger charge is -2.21. The van der Waals surface area contributed by atoms with Gasteiger partial charge in [-0.3, -0.25) is 14.3 Å². The highest BCUT2D eigenvalue weighted by atomic mass is 19.1. The molecule has 194 valence electrons. The molecule has 2 N–H and O–H groups in total. The molecule has 0 aliphatic heterocycles. The van der Waals surface area contributed by atoms with Crippen LogP contribution in [-0.2, 0) is 17.8 Å². The van der Waals surface area contributed by atoms with Crippen molar-refractivity contribution in [2.75, 3.05) is 5.32 Å². The van der Waals surface area contributed by atoms with Gasteiger partial charge in [-0.15, -0.1) is 0 Å². The number of hydrogen-bond acceptors (Lipinski definition) is 5. The fraction of sp³-hybridized carbons (Fsp3) is 0.462. The van der Waals surface area contributed by atoms with Gasteiger partial charge in [0, 0.05) is 30.3 Å². The smallest absolute Gasteiger partial charge is 0.267 e. The summed E-state index contributed by atoms with van der Waals surface area (Å²) in [5, 5.41) is 21.2. The van der Waals surface area contributed by atoms with Crippen LogP contribution in [0.1, 0.15) is 64.1 Å². The summed E-state index contributed by atoms with van der Waals surface area (Å²) in [7, 11) is 0. The highest BCUT2D eigenvalue weighted by Gasteiger charge is 2.26. The zero-order valence-corrected chi connectivity index (χ0v) is 21.0. The monoisotopic (exact) mass is 501 g/mol. The zero-order chi connectivity index (χ0) is 26.5. The highest BCUT2D eigenvalue weighted by Crippen LogP contribution is 2.22. The molecule has 1 aromatic carbocycles. The van der Waals surface area contributed by atoms with Crippen LogP contribution >= 0.6 is 0 Å². The van der Waals surface area contributed by atoms with E-state index in [0.717, 1.165) is 29.7 Å². The Morgan fingerprint density at radius 3 is 2.53 bits per heavy atom. The second kappa shape index (κ2) is 11.6. The number of nitrogens with zero attached hydrogens (tertiary/aromatic N) is 4. The van der Waals surface area contributed by atoms with Crippen LogP contribution in [0.4, 0.5) is 14.6 Å². The maximum absolute atomic E-state index is 14.0. The quantitative estimate of drug-likeness (QED) is 0.412. The first kappa shape index (κ1) is 27.2. The molecule has 0 aliphatic carbocycles. The van der Waals surface area contributed by atoms with Crippen LogP contribution in [0, 0.1) is 17.6 Å². The molecule has 0 radical (unpaired) electrons. The van der Waals surface area contributed by atoms with E-state index in [2.05, 4.69) is 15.5 Å². The molecule has 0 fully saturated rings. The molecule has 10 heteroatoms. The fourth-order valence-corrected chi connectivity index (χ4v) is 4.12. The number of hydrogen-bond donors (Lipinski definition) is 2. The molecule has 1 amide bonds. The van der Waals surface area contributed by atoms with Crippen molar-refractivity contribution in [2.45, 2.75) is 71.6 Å². The summed E-state index contributed by atoms with van der Waals surface area (Å²) in [5.41, 5.74) is -1.33. The Balaban J connectivity index is 1.85. The number of halogens is 2. The Kier molecular flexibility index (Phi) is 8.73. The molecule has 8 nitrogen and oxygen atoms in total. The Labute approximate surface area is 209 Å². The highest BCUT2D eigenvalue weighted by molar-refractivity contribution is 5.92. The van der Waals surface area contributed by atoms with Crippen LogP contribution < -0.4 is 10.9 Å². The van der Waals surface area contributed by atoms with Gasteiger partial charge in [-0.25, -0.2) is 13.5 Å². The zero-order valence-electron chi connectivity index (χ0n) is 21.0. The van der Waals surface area contributed by atoms with Crippen molar-refractivity contribution >= 4 is 11.7 Å². The number of benzene rings is 1. The molecule has 2 unspecified atom stereocenters. The number of amides is 1. The van der Waals surface area contributed by atoms with Crippen molar-refractivity contribution < 1.29 is 18.7 Å². The number of nitrogens with one attached hydrogen (secondary N) is 1. The van der Waals surface area contributed by atoms with Crippen LogP contribution in [0.25, 0.3) is 0 Å². The summed E-state index contributed by atoms with van der Waals surface area (Å²) in [6.45, 7) is 7.59. The maximum atomic E-state index is 14.0. The summed E-state index contributed by atoms with van der Waals surface area (Å²) in [6.07, 6.45) is 5.02. The van der Waals surface area contributed by atoms with Gasteiger partial charge in [0.15, 0.2) is 5.82 Å². The molecular weight excluding hydrogens is 468 g/mol. The summed E-state index contributed by atoms with van der Waals surface area (Å²) < 4.78 is 30.7. The van der Waals surface area contributed by atoms with E-state index in [9.17, 15) is 23.5 Å². The molecule has 0 bridgehead atoms. The second-order valence-corrected chi connectivity index (χ2v) is 9.87. The maximum Gasteiger partial charge on any atom is 0.267 e. The molecule has 3 aromatic rings. The molecule has 3 rings (SSSR count). The molecule has 2 aromatic heterocycles. The number of rotatable bonds is 11. The molecule has 0 spiro atoms. The molecule has 36 heavy (non-hydrogen) atoms. The number of carbonyl (C=O) groups is 1. The van der Waals surface area contributed by atoms with Crippen molar-refractivity contribution in [2.24, 2.45) is 5.92 Å². The Morgan fingerprint density at radius 1 is 1.22 bits per heavy atom. The van der Waals surface area contributed by atoms with Gasteiger partial charge in [-0.1, -0.05) is 32.8 Å². The molecular formula is C26H33F2N5O3. The summed E-state index contributed by atoms with van der Waals surface area (Å²) in [5.74, 6) is -1.42. The van der Waals surface area contributed by atoms with Crippen LogP contribution in [-0.4, -0.2) is 36.2 Å². The molecule has 2 atom stereocenters. The first-order valence-corrected chi connectivity index (χ1v) is 12.0. The average molecular weight is 502 g/mol. The Morgan fingerprint density at radius 2 is 1.92 bits per heavy atom. The lowest BCUT2D eigenvalue weighted by atomic mass is 9.96. The van der Waals surface area contributed by atoms with Gasteiger partial charge in [0.1, 0.15) is 17.7 Å². The van der Waals surface area contributed by atoms with E-state index in [-0.39, 0.29) is 30.3 Å². The first-order valence-electron chi connectivity index (χ1n) is 12.0. The van der Waals surface area contributed by atoms with Crippen molar-refractivity contribution in [1.82, 2.24) is 19.6 Å². The standard InChI is InChI=1S/C26H33F2N5O3/c1-5-7-17(2)12-22(25(35)30-23-10-11-32(31-23)16-26(3,4)36)33-24(34)14-18(15-29-33)13-19-20(27)8-6-9-21(19)28/h6,8-11,14-15,17,22,36H,5,7,12-13,16H2,1-4H3,(H,30,31,35). The van der Waals surface area contributed by atoms with Gasteiger partial charge in [-0.2, -0.15) is 10.2 Å². The third-order valence-corrected chi connectivity index (χ3v) is 5.77. The van der Waals surface area contributed by atoms with Gasteiger partial charge >= 0.3 is 0 Å². The van der Waals surface area contributed by atoms with E-state index < -0.39 is 34.7 Å². The van der Waals surface area contributed by atoms with Crippen molar-refractivity contribution in [3.63, 3.8) is 0 Å². The number of carbonyl (C=O) groups excluding carboxylic acids is 1. The Hall–Kier alpha value is -3.40. The van der Waals surface area contributed by atoms with E-state index in [1.54, 1.807) is 26.1 Å². The second-order valence-electron chi connectivity index (χ2n) is 9.87. The molecule has 2 heterocycles. The van der Waals surface area contributed by atoms with E-state index in [0.29, 0.717) is 12.0 Å². The third-order valence-electron chi connectivity index (χ3n) is 5.77. The van der Waals surface area contributed by atoms with Gasteiger partial charge < -0.3 is 10.4 Å². The van der Waals surface area contributed by atoms with E-state index in [4.69, 9.17) is 0 Å². The van der Waals surface area contributed by atoms with Crippen LogP contribution in [0.5, 0.6) is 0 Å². The average Bonchev–Trinajstić information content (AvgIpc) is 3.20. The molecule has 0 saturated heterocycles. The fourth-order valence-electron chi connectivity index (χ4n) is 4.12. The normalized spacial score (nSPS) is 13.4. The minimum absolute atomic E-state index is 0.136. The van der Waals surface area contributed by atoms with Crippen molar-refractivity contribution in [1.29, 1.82) is 0 Å². The molecule has 0 aliphatic rings. The van der Waals surface area contributed by atoms with E-state index in [1.807, 2.05) is 13.8 Å².